The second-order valence-corrected chi connectivity index (χ2v) is 10.1. The van der Waals surface area contributed by atoms with E-state index in [0.29, 0.717) is 6.61 Å². The molecular formula is C9H19NO4Si. The molecule has 0 unspecified atom stereocenters. The summed E-state index contributed by atoms with van der Waals surface area (Å²) >= 11 is 0. The number of hydrogen-bond acceptors (Lipinski definition) is 3. The van der Waals surface area contributed by atoms with Crippen molar-refractivity contribution in [3.63, 3.8) is 0 Å². The summed E-state index contributed by atoms with van der Waals surface area (Å²) in [7, 11) is -1.17. The predicted octanol–water partition coefficient (Wildman–Crippen LogP) is 1.53. The third-order valence-corrected chi connectivity index (χ3v) is 3.40. The summed E-state index contributed by atoms with van der Waals surface area (Å²) in [5, 5.41) is 10.7. The third-order valence-electron chi connectivity index (χ3n) is 1.69. The molecule has 0 aliphatic heterocycles. The molecule has 0 aromatic heterocycles. The lowest BCUT2D eigenvalue weighted by molar-refractivity contribution is -0.136. The normalized spacial score (nSPS) is 10.9. The van der Waals surface area contributed by atoms with Gasteiger partial charge in [-0.1, -0.05) is 19.6 Å². The van der Waals surface area contributed by atoms with Gasteiger partial charge in [0.1, 0.15) is 0 Å². The van der Waals surface area contributed by atoms with Crippen LogP contribution in [0.3, 0.4) is 0 Å². The Morgan fingerprint density at radius 3 is 2.40 bits per heavy atom. The topological polar surface area (TPSA) is 75.6 Å². The molecule has 0 aliphatic rings. The van der Waals surface area contributed by atoms with Crippen molar-refractivity contribution in [3.8, 4) is 0 Å². The van der Waals surface area contributed by atoms with Gasteiger partial charge in [0.2, 0.25) is 0 Å². The van der Waals surface area contributed by atoms with E-state index in [-0.39, 0.29) is 13.0 Å². The van der Waals surface area contributed by atoms with Crippen LogP contribution in [0.5, 0.6) is 0 Å². The maximum atomic E-state index is 11.0. The van der Waals surface area contributed by atoms with Gasteiger partial charge in [-0.05, 0) is 6.04 Å². The van der Waals surface area contributed by atoms with E-state index in [2.05, 4.69) is 25.0 Å². The number of hydrogen-bond donors (Lipinski definition) is 2. The Balaban J connectivity index is 3.46. The Morgan fingerprint density at radius 1 is 1.33 bits per heavy atom. The molecule has 1 amide bonds. The van der Waals surface area contributed by atoms with Crippen molar-refractivity contribution >= 4 is 20.1 Å². The maximum absolute atomic E-state index is 11.0. The number of ether oxygens (including phenoxy) is 1. The number of aliphatic carboxylic acids is 1. The third kappa shape index (κ3) is 10.9. The molecule has 6 heteroatoms. The molecule has 0 saturated carbocycles. The fourth-order valence-corrected chi connectivity index (χ4v) is 1.49. The van der Waals surface area contributed by atoms with E-state index < -0.39 is 20.1 Å². The van der Waals surface area contributed by atoms with Crippen LogP contribution < -0.4 is 5.32 Å². The summed E-state index contributed by atoms with van der Waals surface area (Å²) in [5.41, 5.74) is 0. The fraction of sp³-hybridized carbons (Fsp3) is 0.778. The second-order valence-electron chi connectivity index (χ2n) is 4.52. The Morgan fingerprint density at radius 2 is 1.93 bits per heavy atom. The Hall–Kier alpha value is -1.04. The van der Waals surface area contributed by atoms with Gasteiger partial charge in [0, 0.05) is 14.6 Å². The summed E-state index contributed by atoms with van der Waals surface area (Å²) < 4.78 is 4.89. The fourth-order valence-electron chi connectivity index (χ4n) is 0.772. The van der Waals surface area contributed by atoms with Crippen LogP contribution in [0.25, 0.3) is 0 Å². The Labute approximate surface area is 90.8 Å². The summed E-state index contributed by atoms with van der Waals surface area (Å²) in [6.45, 7) is 7.10. The smallest absolute Gasteiger partial charge is 0.407 e. The van der Waals surface area contributed by atoms with E-state index in [1.54, 1.807) is 0 Å². The van der Waals surface area contributed by atoms with Gasteiger partial charge < -0.3 is 15.2 Å². The minimum Gasteiger partial charge on any atom is -0.481 e. The lowest BCUT2D eigenvalue weighted by Gasteiger charge is -2.15. The molecule has 0 rings (SSSR count). The molecule has 0 aliphatic carbocycles. The number of carbonyl (C=O) groups is 2. The van der Waals surface area contributed by atoms with Crippen LogP contribution in [0.2, 0.25) is 25.7 Å². The lowest BCUT2D eigenvalue weighted by atomic mass is 10.4. The van der Waals surface area contributed by atoms with Gasteiger partial charge in [0.15, 0.2) is 0 Å². The van der Waals surface area contributed by atoms with Crippen molar-refractivity contribution in [2.24, 2.45) is 0 Å². The van der Waals surface area contributed by atoms with Crippen LogP contribution in [-0.4, -0.2) is 38.4 Å². The van der Waals surface area contributed by atoms with Crippen molar-refractivity contribution in [2.45, 2.75) is 32.1 Å². The average Bonchev–Trinajstić information content (AvgIpc) is 2.00. The van der Waals surface area contributed by atoms with Crippen LogP contribution >= 0.6 is 0 Å². The summed E-state index contributed by atoms with van der Waals surface area (Å²) in [6.07, 6.45) is -0.613. The van der Waals surface area contributed by atoms with E-state index in [1.807, 2.05) is 0 Å². The van der Waals surface area contributed by atoms with Gasteiger partial charge >= 0.3 is 12.1 Å². The van der Waals surface area contributed by atoms with Crippen molar-refractivity contribution in [1.82, 2.24) is 5.32 Å². The number of nitrogens with one attached hydrogen (secondary N) is 1. The minimum atomic E-state index is -1.17. The van der Waals surface area contributed by atoms with Crippen molar-refractivity contribution in [1.29, 1.82) is 0 Å². The summed E-state index contributed by atoms with van der Waals surface area (Å²) in [4.78, 5) is 21.1. The van der Waals surface area contributed by atoms with Crippen LogP contribution in [0.1, 0.15) is 6.42 Å². The number of rotatable bonds is 6. The molecule has 0 radical (unpaired) electrons. The van der Waals surface area contributed by atoms with Crippen LogP contribution in [0.15, 0.2) is 0 Å². The lowest BCUT2D eigenvalue weighted by Crippen LogP contribution is -2.29. The van der Waals surface area contributed by atoms with Crippen LogP contribution in [-0.2, 0) is 9.53 Å². The zero-order valence-electron chi connectivity index (χ0n) is 9.50. The van der Waals surface area contributed by atoms with Gasteiger partial charge in [-0.2, -0.15) is 0 Å². The highest BCUT2D eigenvalue weighted by atomic mass is 28.3. The molecule has 88 valence electrons. The number of carbonyl (C=O) groups excluding carboxylic acids is 1. The van der Waals surface area contributed by atoms with E-state index in [4.69, 9.17) is 9.84 Å². The minimum absolute atomic E-state index is 0.0802. The van der Waals surface area contributed by atoms with Gasteiger partial charge in [0.25, 0.3) is 0 Å². The molecule has 0 atom stereocenters. The number of amides is 1. The van der Waals surface area contributed by atoms with E-state index in [9.17, 15) is 9.59 Å². The predicted molar refractivity (Wildman–Crippen MR) is 59.8 cm³/mol. The van der Waals surface area contributed by atoms with Crippen molar-refractivity contribution in [2.75, 3.05) is 13.2 Å². The first-order valence-electron chi connectivity index (χ1n) is 4.94. The first kappa shape index (κ1) is 14.0. The second kappa shape index (κ2) is 6.44. The Bertz CT molecular complexity index is 225. The quantitative estimate of drug-likeness (QED) is 0.682. The molecule has 0 aromatic carbocycles. The zero-order valence-corrected chi connectivity index (χ0v) is 10.5. The maximum Gasteiger partial charge on any atom is 0.407 e. The standard InChI is InChI=1S/C9H19NO4Si/c1-15(2,3)7-6-14-9(13)10-5-4-8(11)12/h4-7H2,1-3H3,(H,10,13)(H,11,12). The van der Waals surface area contributed by atoms with Gasteiger partial charge in [-0.3, -0.25) is 4.79 Å². The summed E-state index contributed by atoms with van der Waals surface area (Å²) in [6, 6.07) is 0.916. The van der Waals surface area contributed by atoms with Crippen LogP contribution in [0, 0.1) is 0 Å². The SMILES string of the molecule is C[Si](C)(C)CCOC(=O)NCCC(=O)O. The molecule has 0 saturated heterocycles. The van der Waals surface area contributed by atoms with Gasteiger partial charge in [-0.25, -0.2) is 4.79 Å². The highest BCUT2D eigenvalue weighted by molar-refractivity contribution is 6.76. The van der Waals surface area contributed by atoms with Gasteiger partial charge in [0.05, 0.1) is 13.0 Å². The number of carboxylic acid groups (broad SMARTS) is 1. The monoisotopic (exact) mass is 233 g/mol. The molecule has 0 heterocycles. The molecule has 0 spiro atoms. The highest BCUT2D eigenvalue weighted by Gasteiger charge is 2.13. The molecular weight excluding hydrogens is 214 g/mol. The first-order valence-corrected chi connectivity index (χ1v) is 8.64. The number of alkyl carbamates (subject to hydrolysis) is 1. The van der Waals surface area contributed by atoms with E-state index in [1.165, 1.54) is 0 Å². The molecule has 0 bridgehead atoms. The van der Waals surface area contributed by atoms with Crippen molar-refractivity contribution in [3.05, 3.63) is 0 Å². The molecule has 0 fully saturated rings. The van der Waals surface area contributed by atoms with E-state index in [0.717, 1.165) is 6.04 Å². The highest BCUT2D eigenvalue weighted by Crippen LogP contribution is 2.07. The van der Waals surface area contributed by atoms with Crippen LogP contribution in [0.4, 0.5) is 4.79 Å². The van der Waals surface area contributed by atoms with Crippen molar-refractivity contribution < 1.29 is 19.4 Å². The molecule has 0 aromatic rings. The van der Waals surface area contributed by atoms with Gasteiger partial charge in [-0.15, -0.1) is 0 Å². The molecule has 15 heavy (non-hydrogen) atoms. The largest absolute Gasteiger partial charge is 0.481 e. The molecule has 2 N–H and O–H groups in total. The number of carboxylic acids is 1. The Kier molecular flexibility index (Phi) is 5.99. The first-order chi connectivity index (χ1) is 6.81. The average molecular weight is 233 g/mol. The molecule has 5 nitrogen and oxygen atoms in total. The zero-order chi connectivity index (χ0) is 11.9. The van der Waals surface area contributed by atoms with E-state index >= 15 is 0 Å². The summed E-state index contributed by atoms with van der Waals surface area (Å²) in [5.74, 6) is -0.933.